The van der Waals surface area contributed by atoms with Gasteiger partial charge in [-0.15, -0.1) is 0 Å². The van der Waals surface area contributed by atoms with E-state index in [4.69, 9.17) is 10.00 Å². The quantitative estimate of drug-likeness (QED) is 0.910. The fourth-order valence-electron chi connectivity index (χ4n) is 2.89. The van der Waals surface area contributed by atoms with Crippen LogP contribution in [0.2, 0.25) is 0 Å². The third kappa shape index (κ3) is 4.90. The number of nitrogens with zero attached hydrogens (tertiary/aromatic N) is 2. The van der Waals surface area contributed by atoms with Gasteiger partial charge in [-0.05, 0) is 29.8 Å². The average molecular weight is 335 g/mol. The zero-order valence-electron chi connectivity index (χ0n) is 14.0. The number of amides is 1. The van der Waals surface area contributed by atoms with Crippen LogP contribution in [0.1, 0.15) is 21.5 Å². The molecule has 0 unspecified atom stereocenters. The van der Waals surface area contributed by atoms with Crippen LogP contribution in [0.15, 0.2) is 54.6 Å². The van der Waals surface area contributed by atoms with E-state index in [1.54, 1.807) is 24.3 Å². The molecule has 25 heavy (non-hydrogen) atoms. The first-order chi connectivity index (χ1) is 12.2. The van der Waals surface area contributed by atoms with E-state index in [-0.39, 0.29) is 12.0 Å². The van der Waals surface area contributed by atoms with Crippen molar-refractivity contribution in [1.82, 2.24) is 10.2 Å². The van der Waals surface area contributed by atoms with E-state index >= 15 is 0 Å². The first-order valence-electron chi connectivity index (χ1n) is 8.41. The molecule has 3 rings (SSSR count). The number of rotatable bonds is 5. The first kappa shape index (κ1) is 17.2. The molecule has 5 heteroatoms. The summed E-state index contributed by atoms with van der Waals surface area (Å²) in [6.45, 7) is 3.73. The molecule has 0 saturated carbocycles. The van der Waals surface area contributed by atoms with Crippen LogP contribution in [0.4, 0.5) is 0 Å². The van der Waals surface area contributed by atoms with E-state index in [2.05, 4.69) is 22.3 Å². The highest BCUT2D eigenvalue weighted by atomic mass is 16.5. The third-order valence-corrected chi connectivity index (χ3v) is 4.24. The van der Waals surface area contributed by atoms with Crippen LogP contribution in [-0.4, -0.2) is 43.2 Å². The SMILES string of the molecule is N#Cc1ccc(C(=O)NC[C@@H]2CN(Cc3ccccc3)CCO2)cc1. The van der Waals surface area contributed by atoms with Gasteiger partial charge in [0.05, 0.1) is 24.3 Å². The van der Waals surface area contributed by atoms with Gasteiger partial charge in [-0.25, -0.2) is 0 Å². The van der Waals surface area contributed by atoms with E-state index in [1.165, 1.54) is 5.56 Å². The Hall–Kier alpha value is -2.68. The molecule has 1 heterocycles. The van der Waals surface area contributed by atoms with Gasteiger partial charge in [-0.1, -0.05) is 30.3 Å². The Kier molecular flexibility index (Phi) is 5.78. The fourth-order valence-corrected chi connectivity index (χ4v) is 2.89. The number of morpholine rings is 1. The molecule has 1 N–H and O–H groups in total. The summed E-state index contributed by atoms with van der Waals surface area (Å²) in [5.74, 6) is -0.145. The van der Waals surface area contributed by atoms with Crippen molar-refractivity contribution >= 4 is 5.91 Å². The number of carbonyl (C=O) groups excluding carboxylic acids is 1. The molecular weight excluding hydrogens is 314 g/mol. The number of benzene rings is 2. The van der Waals surface area contributed by atoms with Gasteiger partial charge in [0.1, 0.15) is 0 Å². The molecular formula is C20H21N3O2. The Labute approximate surface area is 147 Å². The van der Waals surface area contributed by atoms with E-state index in [1.807, 2.05) is 24.3 Å². The standard InChI is InChI=1S/C20H21N3O2/c21-12-16-6-8-18(9-7-16)20(24)22-13-19-15-23(10-11-25-19)14-17-4-2-1-3-5-17/h1-9,19H,10-11,13-15H2,(H,22,24)/t19-/m1/s1. The molecule has 0 aromatic heterocycles. The molecule has 1 amide bonds. The van der Waals surface area contributed by atoms with Gasteiger partial charge in [-0.3, -0.25) is 9.69 Å². The van der Waals surface area contributed by atoms with Crippen LogP contribution < -0.4 is 5.32 Å². The molecule has 0 spiro atoms. The summed E-state index contributed by atoms with van der Waals surface area (Å²) in [6.07, 6.45) is -0.0141. The number of hydrogen-bond donors (Lipinski definition) is 1. The van der Waals surface area contributed by atoms with Crippen molar-refractivity contribution < 1.29 is 9.53 Å². The molecule has 0 radical (unpaired) electrons. The van der Waals surface area contributed by atoms with Gasteiger partial charge in [0, 0.05) is 31.7 Å². The second kappa shape index (κ2) is 8.43. The number of nitriles is 1. The maximum atomic E-state index is 12.2. The van der Waals surface area contributed by atoms with Crippen molar-refractivity contribution in [1.29, 1.82) is 5.26 Å². The lowest BCUT2D eigenvalue weighted by molar-refractivity contribution is -0.0292. The van der Waals surface area contributed by atoms with Crippen LogP contribution >= 0.6 is 0 Å². The summed E-state index contributed by atoms with van der Waals surface area (Å²) >= 11 is 0. The smallest absolute Gasteiger partial charge is 0.251 e. The molecule has 5 nitrogen and oxygen atoms in total. The second-order valence-electron chi connectivity index (χ2n) is 6.11. The molecule has 1 aliphatic heterocycles. The predicted octanol–water partition coefficient (Wildman–Crippen LogP) is 2.19. The number of hydrogen-bond acceptors (Lipinski definition) is 4. The van der Waals surface area contributed by atoms with Gasteiger partial charge in [0.25, 0.3) is 5.91 Å². The average Bonchev–Trinajstić information content (AvgIpc) is 2.67. The second-order valence-corrected chi connectivity index (χ2v) is 6.11. The Morgan fingerprint density at radius 2 is 1.96 bits per heavy atom. The van der Waals surface area contributed by atoms with Gasteiger partial charge in [-0.2, -0.15) is 5.26 Å². The summed E-state index contributed by atoms with van der Waals surface area (Å²) in [6, 6.07) is 19.0. The number of ether oxygens (including phenoxy) is 1. The van der Waals surface area contributed by atoms with Crippen LogP contribution in [0.3, 0.4) is 0 Å². The lowest BCUT2D eigenvalue weighted by Gasteiger charge is -2.33. The minimum Gasteiger partial charge on any atom is -0.374 e. The summed E-state index contributed by atoms with van der Waals surface area (Å²) in [7, 11) is 0. The lowest BCUT2D eigenvalue weighted by atomic mass is 10.1. The fraction of sp³-hybridized carbons (Fsp3) is 0.300. The summed E-state index contributed by atoms with van der Waals surface area (Å²) in [4.78, 5) is 14.5. The molecule has 1 atom stereocenters. The highest BCUT2D eigenvalue weighted by Crippen LogP contribution is 2.10. The van der Waals surface area contributed by atoms with E-state index < -0.39 is 0 Å². The zero-order chi connectivity index (χ0) is 17.5. The minimum absolute atomic E-state index is 0.0141. The number of carbonyl (C=O) groups is 1. The highest BCUT2D eigenvalue weighted by Gasteiger charge is 2.21. The third-order valence-electron chi connectivity index (χ3n) is 4.24. The Morgan fingerprint density at radius 3 is 2.68 bits per heavy atom. The van der Waals surface area contributed by atoms with Crippen molar-refractivity contribution in [3.8, 4) is 6.07 Å². The monoisotopic (exact) mass is 335 g/mol. The molecule has 0 aliphatic carbocycles. The molecule has 2 aromatic rings. The predicted molar refractivity (Wildman–Crippen MR) is 94.9 cm³/mol. The maximum absolute atomic E-state index is 12.2. The molecule has 128 valence electrons. The van der Waals surface area contributed by atoms with Gasteiger partial charge in [0.2, 0.25) is 0 Å². The Balaban J connectivity index is 1.49. The van der Waals surface area contributed by atoms with Crippen LogP contribution in [0.25, 0.3) is 0 Å². The summed E-state index contributed by atoms with van der Waals surface area (Å²) < 4.78 is 5.77. The topological polar surface area (TPSA) is 65.4 Å². The summed E-state index contributed by atoms with van der Waals surface area (Å²) in [5, 5.41) is 11.7. The largest absolute Gasteiger partial charge is 0.374 e. The molecule has 1 aliphatic rings. The van der Waals surface area contributed by atoms with E-state index in [0.29, 0.717) is 24.3 Å². The lowest BCUT2D eigenvalue weighted by Crippen LogP contribution is -2.47. The van der Waals surface area contributed by atoms with Crippen molar-refractivity contribution in [3.63, 3.8) is 0 Å². The molecule has 2 aromatic carbocycles. The van der Waals surface area contributed by atoms with Crippen LogP contribution in [0.5, 0.6) is 0 Å². The molecule has 1 saturated heterocycles. The highest BCUT2D eigenvalue weighted by molar-refractivity contribution is 5.94. The van der Waals surface area contributed by atoms with Crippen LogP contribution in [-0.2, 0) is 11.3 Å². The van der Waals surface area contributed by atoms with Gasteiger partial charge >= 0.3 is 0 Å². The van der Waals surface area contributed by atoms with Crippen molar-refractivity contribution in [3.05, 3.63) is 71.3 Å². The van der Waals surface area contributed by atoms with Crippen molar-refractivity contribution in [2.75, 3.05) is 26.2 Å². The Bertz CT molecular complexity index is 738. The van der Waals surface area contributed by atoms with Crippen molar-refractivity contribution in [2.45, 2.75) is 12.6 Å². The summed E-state index contributed by atoms with van der Waals surface area (Å²) in [5.41, 5.74) is 2.38. The normalized spacial score (nSPS) is 17.6. The maximum Gasteiger partial charge on any atom is 0.251 e. The van der Waals surface area contributed by atoms with Gasteiger partial charge in [0.15, 0.2) is 0 Å². The zero-order valence-corrected chi connectivity index (χ0v) is 14.0. The Morgan fingerprint density at radius 1 is 1.20 bits per heavy atom. The van der Waals surface area contributed by atoms with E-state index in [0.717, 1.165) is 19.6 Å². The van der Waals surface area contributed by atoms with Crippen molar-refractivity contribution in [2.24, 2.45) is 0 Å². The van der Waals surface area contributed by atoms with Gasteiger partial charge < -0.3 is 10.1 Å². The van der Waals surface area contributed by atoms with Crippen LogP contribution in [0, 0.1) is 11.3 Å². The number of nitrogens with one attached hydrogen (secondary N) is 1. The minimum atomic E-state index is -0.145. The first-order valence-corrected chi connectivity index (χ1v) is 8.41. The molecule has 0 bridgehead atoms. The molecule has 1 fully saturated rings. The van der Waals surface area contributed by atoms with E-state index in [9.17, 15) is 4.79 Å².